The first-order valence-corrected chi connectivity index (χ1v) is 6.28. The van der Waals surface area contributed by atoms with Gasteiger partial charge in [-0.05, 0) is 43.6 Å². The van der Waals surface area contributed by atoms with Gasteiger partial charge < -0.3 is 0 Å². The van der Waals surface area contributed by atoms with Gasteiger partial charge in [0.25, 0.3) is 0 Å². The number of piperidine rings is 1. The highest BCUT2D eigenvalue weighted by Gasteiger charge is 2.42. The van der Waals surface area contributed by atoms with Crippen LogP contribution in [-0.2, 0) is 0 Å². The van der Waals surface area contributed by atoms with Crippen molar-refractivity contribution in [1.29, 1.82) is 0 Å². The topological polar surface area (TPSA) is 3.24 Å². The number of nitrogens with zero attached hydrogens (tertiary/aromatic N) is 1. The highest BCUT2D eigenvalue weighted by molar-refractivity contribution is 4.97. The molecule has 14 heavy (non-hydrogen) atoms. The van der Waals surface area contributed by atoms with E-state index in [1.807, 2.05) is 0 Å². The molecule has 2 atom stereocenters. The normalized spacial score (nSPS) is 39.0. The molecule has 0 amide bonds. The summed E-state index contributed by atoms with van der Waals surface area (Å²) in [6, 6.07) is 1.84. The lowest BCUT2D eigenvalue weighted by Crippen LogP contribution is -2.45. The predicted octanol–water partition coefficient (Wildman–Crippen LogP) is 3.30. The molecule has 0 aromatic carbocycles. The third-order valence-corrected chi connectivity index (χ3v) is 4.47. The smallest absolute Gasteiger partial charge is 0.0101 e. The average molecular weight is 195 g/mol. The molecular weight excluding hydrogens is 170 g/mol. The molecule has 0 N–H and O–H groups in total. The van der Waals surface area contributed by atoms with Gasteiger partial charge in [0.1, 0.15) is 0 Å². The molecule has 2 rings (SSSR count). The number of hydrogen-bond acceptors (Lipinski definition) is 1. The Balaban J connectivity index is 2.06. The van der Waals surface area contributed by atoms with Gasteiger partial charge in [-0.25, -0.2) is 0 Å². The molecule has 0 aromatic rings. The van der Waals surface area contributed by atoms with Crippen molar-refractivity contribution in [3.63, 3.8) is 0 Å². The van der Waals surface area contributed by atoms with Crippen molar-refractivity contribution in [1.82, 2.24) is 4.90 Å². The molecule has 0 radical (unpaired) electrons. The minimum absolute atomic E-state index is 0.528. The molecular formula is C13H25N. The van der Waals surface area contributed by atoms with Crippen LogP contribution in [0.1, 0.15) is 53.4 Å². The Bertz CT molecular complexity index is 190. The van der Waals surface area contributed by atoms with Gasteiger partial charge in [0.2, 0.25) is 0 Å². The van der Waals surface area contributed by atoms with Crippen molar-refractivity contribution >= 4 is 0 Å². The van der Waals surface area contributed by atoms with Crippen LogP contribution in [0, 0.1) is 11.3 Å². The van der Waals surface area contributed by atoms with Crippen molar-refractivity contribution in [2.24, 2.45) is 11.3 Å². The first-order chi connectivity index (χ1) is 6.52. The van der Waals surface area contributed by atoms with Gasteiger partial charge in [-0.3, -0.25) is 4.90 Å². The molecule has 0 aromatic heterocycles. The molecule has 0 saturated carbocycles. The summed E-state index contributed by atoms with van der Waals surface area (Å²) in [4.78, 5) is 2.75. The summed E-state index contributed by atoms with van der Waals surface area (Å²) in [5, 5.41) is 0. The largest absolute Gasteiger partial charge is 0.298 e. The second-order valence-corrected chi connectivity index (χ2v) is 6.25. The highest BCUT2D eigenvalue weighted by atomic mass is 15.2. The van der Waals surface area contributed by atoms with Crippen molar-refractivity contribution in [2.45, 2.75) is 65.5 Å². The van der Waals surface area contributed by atoms with E-state index in [1.165, 1.54) is 32.2 Å². The van der Waals surface area contributed by atoms with Crippen LogP contribution in [0.25, 0.3) is 0 Å². The zero-order valence-electron chi connectivity index (χ0n) is 10.2. The quantitative estimate of drug-likeness (QED) is 0.620. The summed E-state index contributed by atoms with van der Waals surface area (Å²) in [6.45, 7) is 10.8. The highest BCUT2D eigenvalue weighted by Crippen LogP contribution is 2.44. The van der Waals surface area contributed by atoms with Crippen molar-refractivity contribution < 1.29 is 0 Å². The summed E-state index contributed by atoms with van der Waals surface area (Å²) in [7, 11) is 0. The fourth-order valence-electron chi connectivity index (χ4n) is 3.50. The standard InChI is InChI=1S/C13H25N/c1-5-14-11-6-7-12(14)9-10(8-11)13(2,3)4/h10-12H,5-9H2,1-4H3. The van der Waals surface area contributed by atoms with E-state index >= 15 is 0 Å². The summed E-state index contributed by atoms with van der Waals surface area (Å²) < 4.78 is 0. The van der Waals surface area contributed by atoms with Crippen LogP contribution < -0.4 is 0 Å². The maximum atomic E-state index is 2.75. The lowest BCUT2D eigenvalue weighted by Gasteiger charge is -2.43. The van der Waals surface area contributed by atoms with E-state index in [9.17, 15) is 0 Å². The van der Waals surface area contributed by atoms with Crippen LogP contribution >= 0.6 is 0 Å². The molecule has 2 aliphatic heterocycles. The Hall–Kier alpha value is -0.0400. The predicted molar refractivity (Wildman–Crippen MR) is 61.4 cm³/mol. The van der Waals surface area contributed by atoms with E-state index in [4.69, 9.17) is 0 Å². The lowest BCUT2D eigenvalue weighted by molar-refractivity contribution is 0.0588. The van der Waals surface area contributed by atoms with E-state index in [2.05, 4.69) is 32.6 Å². The van der Waals surface area contributed by atoms with E-state index in [-0.39, 0.29) is 0 Å². The van der Waals surface area contributed by atoms with E-state index in [0.717, 1.165) is 18.0 Å². The Morgan fingerprint density at radius 3 is 1.93 bits per heavy atom. The summed E-state index contributed by atoms with van der Waals surface area (Å²) in [5.74, 6) is 0.961. The minimum atomic E-state index is 0.528. The van der Waals surface area contributed by atoms with Crippen LogP contribution in [0.15, 0.2) is 0 Å². The molecule has 2 fully saturated rings. The first kappa shape index (κ1) is 10.5. The molecule has 2 saturated heterocycles. The van der Waals surface area contributed by atoms with Gasteiger partial charge >= 0.3 is 0 Å². The summed E-state index contributed by atoms with van der Waals surface area (Å²) in [5.41, 5.74) is 0.528. The molecule has 2 heterocycles. The van der Waals surface area contributed by atoms with Gasteiger partial charge in [0.15, 0.2) is 0 Å². The van der Waals surface area contributed by atoms with Crippen LogP contribution in [0.5, 0.6) is 0 Å². The molecule has 2 bridgehead atoms. The van der Waals surface area contributed by atoms with Crippen molar-refractivity contribution in [2.75, 3.05) is 6.54 Å². The Morgan fingerprint density at radius 1 is 1.07 bits per heavy atom. The van der Waals surface area contributed by atoms with Crippen molar-refractivity contribution in [3.05, 3.63) is 0 Å². The molecule has 2 aliphatic rings. The van der Waals surface area contributed by atoms with Crippen LogP contribution in [0.4, 0.5) is 0 Å². The average Bonchev–Trinajstić information content (AvgIpc) is 2.32. The molecule has 2 unspecified atom stereocenters. The number of fused-ring (bicyclic) bond motifs is 2. The minimum Gasteiger partial charge on any atom is -0.298 e. The molecule has 0 aliphatic carbocycles. The van der Waals surface area contributed by atoms with Crippen LogP contribution in [0.3, 0.4) is 0 Å². The molecule has 82 valence electrons. The van der Waals surface area contributed by atoms with Gasteiger partial charge in [0.05, 0.1) is 0 Å². The van der Waals surface area contributed by atoms with Gasteiger partial charge in [-0.15, -0.1) is 0 Å². The van der Waals surface area contributed by atoms with E-state index in [0.29, 0.717) is 5.41 Å². The molecule has 1 heteroatoms. The first-order valence-electron chi connectivity index (χ1n) is 6.28. The maximum Gasteiger partial charge on any atom is 0.0101 e. The Kier molecular flexibility index (Phi) is 2.63. The lowest BCUT2D eigenvalue weighted by atomic mass is 9.73. The second kappa shape index (κ2) is 3.52. The van der Waals surface area contributed by atoms with Crippen molar-refractivity contribution in [3.8, 4) is 0 Å². The summed E-state index contributed by atoms with van der Waals surface area (Å²) >= 11 is 0. The maximum absolute atomic E-state index is 2.75. The van der Waals surface area contributed by atoms with E-state index in [1.54, 1.807) is 0 Å². The number of rotatable bonds is 1. The fourth-order valence-corrected chi connectivity index (χ4v) is 3.50. The monoisotopic (exact) mass is 195 g/mol. The van der Waals surface area contributed by atoms with E-state index < -0.39 is 0 Å². The van der Waals surface area contributed by atoms with Gasteiger partial charge in [-0.2, -0.15) is 0 Å². The van der Waals surface area contributed by atoms with Crippen LogP contribution in [0.2, 0.25) is 0 Å². The molecule has 0 spiro atoms. The Morgan fingerprint density at radius 2 is 1.57 bits per heavy atom. The fraction of sp³-hybridized carbons (Fsp3) is 1.00. The molecule has 1 nitrogen and oxygen atoms in total. The zero-order chi connectivity index (χ0) is 10.3. The zero-order valence-corrected chi connectivity index (χ0v) is 10.2. The summed E-state index contributed by atoms with van der Waals surface area (Å²) in [6.07, 6.45) is 5.83. The van der Waals surface area contributed by atoms with Gasteiger partial charge in [0, 0.05) is 12.1 Å². The third kappa shape index (κ3) is 1.71. The Labute approximate surface area is 88.9 Å². The number of hydrogen-bond donors (Lipinski definition) is 0. The second-order valence-electron chi connectivity index (χ2n) is 6.25. The van der Waals surface area contributed by atoms with Crippen LogP contribution in [-0.4, -0.2) is 23.5 Å². The SMILES string of the molecule is CCN1C2CCC1CC(C(C)(C)C)C2. The van der Waals surface area contributed by atoms with Gasteiger partial charge in [-0.1, -0.05) is 27.7 Å². The third-order valence-electron chi connectivity index (χ3n) is 4.47.